The first kappa shape index (κ1) is 29.1. The first-order valence-corrected chi connectivity index (χ1v) is 18.2. The van der Waals surface area contributed by atoms with Gasteiger partial charge in [-0.1, -0.05) is 140 Å². The largest absolute Gasteiger partial charge is 0.313 e. The molecule has 0 bridgehead atoms. The normalized spacial score (nSPS) is 15.2. The topological polar surface area (TPSA) is 8.17 Å². The molecule has 52 heavy (non-hydrogen) atoms. The van der Waals surface area contributed by atoms with Gasteiger partial charge in [0.15, 0.2) is 0 Å². The van der Waals surface area contributed by atoms with Gasteiger partial charge in [-0.25, -0.2) is 0 Å². The van der Waals surface area contributed by atoms with E-state index in [9.17, 15) is 0 Å². The summed E-state index contributed by atoms with van der Waals surface area (Å²) in [6.45, 7) is 0. The SMILES string of the molecule is C1=C(c2cccc3c(-c4ccc5c(c4)c4ccccc4n5-c4ccccc4)cccc23)C=C2C(C1)c1ccccc1N2c1cccc2ccccc12.[HH]. The number of nitrogens with zero attached hydrogens (tertiary/aromatic N) is 2. The predicted molar refractivity (Wildman–Crippen MR) is 222 cm³/mol. The van der Waals surface area contributed by atoms with Crippen molar-refractivity contribution in [2.24, 2.45) is 0 Å². The van der Waals surface area contributed by atoms with Crippen LogP contribution in [0.15, 0.2) is 194 Å². The second kappa shape index (κ2) is 11.4. The van der Waals surface area contributed by atoms with Gasteiger partial charge in [-0.15, -0.1) is 0 Å². The molecule has 2 heteroatoms. The summed E-state index contributed by atoms with van der Waals surface area (Å²) < 4.78 is 2.38. The number of fused-ring (bicyclic) bond motifs is 8. The minimum absolute atomic E-state index is 0. The van der Waals surface area contributed by atoms with Crippen LogP contribution in [0.1, 0.15) is 24.9 Å². The van der Waals surface area contributed by atoms with Crippen molar-refractivity contribution in [3.05, 3.63) is 205 Å². The van der Waals surface area contributed by atoms with Crippen LogP contribution >= 0.6 is 0 Å². The standard InChI is InChI=1S/C50H34N2.H2/c1-2-15-36(16-3-1)51-47-24-8-7-19-43(47)45-31-34(28-30-49(45)51)37-20-11-23-41-38(21-12-22-40(37)41)35-27-29-44-42-18-6-9-25-48(42)52(50(44)32-35)46-26-10-14-33-13-4-5-17-39(33)46;/h1-28,30-32,44H,29H2;1H. The second-order valence-corrected chi connectivity index (χ2v) is 14.0. The van der Waals surface area contributed by atoms with Crippen molar-refractivity contribution in [2.75, 3.05) is 4.90 Å². The molecule has 0 spiro atoms. The fraction of sp³-hybridized carbons (Fsp3) is 0.0400. The summed E-state index contributed by atoms with van der Waals surface area (Å²) in [5.41, 5.74) is 14.0. The minimum Gasteiger partial charge on any atom is -0.313 e. The number of hydrogen-bond donors (Lipinski definition) is 0. The zero-order valence-electron chi connectivity index (χ0n) is 28.6. The van der Waals surface area contributed by atoms with Crippen LogP contribution in [0, 0.1) is 0 Å². The molecule has 1 atom stereocenters. The molecule has 9 aromatic rings. The van der Waals surface area contributed by atoms with Crippen LogP contribution in [0.5, 0.6) is 0 Å². The van der Waals surface area contributed by atoms with Crippen molar-refractivity contribution in [3.63, 3.8) is 0 Å². The zero-order chi connectivity index (χ0) is 34.2. The van der Waals surface area contributed by atoms with E-state index in [2.05, 4.69) is 198 Å². The molecular formula is C50H36N2. The summed E-state index contributed by atoms with van der Waals surface area (Å²) in [7, 11) is 0. The Balaban J connectivity index is 0.00000349. The Morgan fingerprint density at radius 2 is 1.13 bits per heavy atom. The lowest BCUT2D eigenvalue weighted by Gasteiger charge is -2.27. The van der Waals surface area contributed by atoms with Crippen molar-refractivity contribution in [2.45, 2.75) is 12.3 Å². The smallest absolute Gasteiger partial charge is 0.0541 e. The quantitative estimate of drug-likeness (QED) is 0.182. The average Bonchev–Trinajstić information content (AvgIpc) is 3.72. The number of hydrogen-bond acceptors (Lipinski definition) is 1. The van der Waals surface area contributed by atoms with Gasteiger partial charge in [0.05, 0.1) is 16.7 Å². The highest BCUT2D eigenvalue weighted by molar-refractivity contribution is 6.12. The van der Waals surface area contributed by atoms with Gasteiger partial charge < -0.3 is 9.47 Å². The third-order valence-corrected chi connectivity index (χ3v) is 11.3. The average molecular weight is 665 g/mol. The summed E-state index contributed by atoms with van der Waals surface area (Å²) in [6.07, 6.45) is 5.89. The van der Waals surface area contributed by atoms with Crippen LogP contribution in [0.25, 0.3) is 65.7 Å². The number of aromatic nitrogens is 1. The van der Waals surface area contributed by atoms with Gasteiger partial charge in [-0.2, -0.15) is 0 Å². The molecule has 1 unspecified atom stereocenters. The predicted octanol–water partition coefficient (Wildman–Crippen LogP) is 13.6. The fourth-order valence-corrected chi connectivity index (χ4v) is 8.98. The van der Waals surface area contributed by atoms with E-state index in [1.807, 2.05) is 0 Å². The molecule has 2 heterocycles. The number of para-hydroxylation sites is 3. The molecule has 0 fully saturated rings. The molecular weight excluding hydrogens is 629 g/mol. The Morgan fingerprint density at radius 3 is 2.04 bits per heavy atom. The molecule has 1 aliphatic heterocycles. The van der Waals surface area contributed by atoms with E-state index in [4.69, 9.17) is 0 Å². The van der Waals surface area contributed by atoms with Gasteiger partial charge in [0.1, 0.15) is 0 Å². The summed E-state index contributed by atoms with van der Waals surface area (Å²) >= 11 is 0. The van der Waals surface area contributed by atoms with E-state index in [1.54, 1.807) is 0 Å². The molecule has 11 rings (SSSR count). The molecule has 1 aromatic heterocycles. The Labute approximate surface area is 304 Å². The van der Waals surface area contributed by atoms with E-state index in [-0.39, 0.29) is 1.43 Å². The van der Waals surface area contributed by atoms with Crippen molar-refractivity contribution in [3.8, 4) is 16.8 Å². The van der Waals surface area contributed by atoms with Gasteiger partial charge in [0, 0.05) is 40.6 Å². The maximum Gasteiger partial charge on any atom is 0.0541 e. The van der Waals surface area contributed by atoms with E-state index in [0.29, 0.717) is 5.92 Å². The molecule has 0 radical (unpaired) electrons. The first-order valence-electron chi connectivity index (χ1n) is 18.2. The third kappa shape index (κ3) is 4.31. The van der Waals surface area contributed by atoms with Crippen molar-refractivity contribution >= 4 is 60.3 Å². The number of allylic oxidation sites excluding steroid dienone is 4. The third-order valence-electron chi connectivity index (χ3n) is 11.3. The fourth-order valence-electron chi connectivity index (χ4n) is 8.98. The Kier molecular flexibility index (Phi) is 6.41. The lowest BCUT2D eigenvalue weighted by molar-refractivity contribution is 0.823. The Hall–Kier alpha value is -6.64. The van der Waals surface area contributed by atoms with E-state index in [1.165, 1.54) is 93.9 Å². The molecule has 2 nitrogen and oxygen atoms in total. The van der Waals surface area contributed by atoms with Gasteiger partial charge in [0.2, 0.25) is 0 Å². The van der Waals surface area contributed by atoms with Gasteiger partial charge in [-0.3, -0.25) is 0 Å². The number of anilines is 2. The minimum atomic E-state index is 0. The van der Waals surface area contributed by atoms with E-state index in [0.717, 1.165) is 6.42 Å². The van der Waals surface area contributed by atoms with Crippen LogP contribution in [0.3, 0.4) is 0 Å². The van der Waals surface area contributed by atoms with Gasteiger partial charge in [0.25, 0.3) is 0 Å². The molecule has 246 valence electrons. The second-order valence-electron chi connectivity index (χ2n) is 14.0. The molecule has 0 saturated carbocycles. The van der Waals surface area contributed by atoms with Crippen LogP contribution < -0.4 is 4.90 Å². The molecule has 0 amide bonds. The number of rotatable bonds is 4. The zero-order valence-corrected chi connectivity index (χ0v) is 28.6. The number of benzene rings is 8. The van der Waals surface area contributed by atoms with Gasteiger partial charge in [-0.05, 0) is 98.9 Å². The van der Waals surface area contributed by atoms with E-state index >= 15 is 0 Å². The summed E-state index contributed by atoms with van der Waals surface area (Å²) in [5, 5.41) is 7.62. The van der Waals surface area contributed by atoms with Gasteiger partial charge >= 0.3 is 0 Å². The summed E-state index contributed by atoms with van der Waals surface area (Å²) in [4.78, 5) is 2.52. The molecule has 8 aromatic carbocycles. The van der Waals surface area contributed by atoms with Crippen LogP contribution in [0.2, 0.25) is 0 Å². The molecule has 2 aliphatic rings. The maximum absolute atomic E-state index is 2.52. The summed E-state index contributed by atoms with van der Waals surface area (Å²) in [5.74, 6) is 0.328. The molecule has 0 N–H and O–H groups in total. The summed E-state index contributed by atoms with van der Waals surface area (Å²) in [6, 6.07) is 64.5. The first-order chi connectivity index (χ1) is 25.8. The lowest BCUT2D eigenvalue weighted by atomic mass is 9.85. The van der Waals surface area contributed by atoms with Crippen molar-refractivity contribution in [1.82, 2.24) is 4.57 Å². The highest BCUT2D eigenvalue weighted by Crippen LogP contribution is 2.53. The van der Waals surface area contributed by atoms with Crippen LogP contribution in [0.4, 0.5) is 11.4 Å². The molecule has 0 saturated heterocycles. The monoisotopic (exact) mass is 664 g/mol. The Bertz CT molecular complexity index is 2940. The lowest BCUT2D eigenvalue weighted by Crippen LogP contribution is -2.16. The highest BCUT2D eigenvalue weighted by atomic mass is 15.2. The van der Waals surface area contributed by atoms with Crippen molar-refractivity contribution in [1.29, 1.82) is 0 Å². The highest BCUT2D eigenvalue weighted by Gasteiger charge is 2.36. The molecule has 1 aliphatic carbocycles. The van der Waals surface area contributed by atoms with Crippen LogP contribution in [-0.2, 0) is 0 Å². The van der Waals surface area contributed by atoms with Crippen LogP contribution in [-0.4, -0.2) is 4.57 Å². The van der Waals surface area contributed by atoms with E-state index < -0.39 is 0 Å². The van der Waals surface area contributed by atoms with Crippen molar-refractivity contribution < 1.29 is 1.43 Å². The maximum atomic E-state index is 2.52. The Morgan fingerprint density at radius 1 is 0.481 bits per heavy atom.